The molecule has 1 heterocycles. The number of nitrogens with zero attached hydrogens (tertiary/aromatic N) is 2. The Morgan fingerprint density at radius 2 is 2.05 bits per heavy atom. The van der Waals surface area contributed by atoms with Gasteiger partial charge in [-0.05, 0) is 32.4 Å². The molecule has 0 bridgehead atoms. The lowest BCUT2D eigenvalue weighted by molar-refractivity contribution is 0.0954. The molecule has 2 rings (SSSR count). The molecule has 2 unspecified atom stereocenters. The molecule has 1 aromatic heterocycles. The fourth-order valence-corrected chi connectivity index (χ4v) is 2.36. The van der Waals surface area contributed by atoms with Gasteiger partial charge in [0.25, 0.3) is 5.91 Å². The topological polar surface area (TPSA) is 76.1 Å². The monoisotopic (exact) mass is 264 g/mol. The number of hydrogen-bond acceptors (Lipinski definition) is 5. The van der Waals surface area contributed by atoms with E-state index in [4.69, 9.17) is 4.74 Å². The van der Waals surface area contributed by atoms with E-state index in [0.29, 0.717) is 17.6 Å². The Morgan fingerprint density at radius 3 is 2.68 bits per heavy atom. The lowest BCUT2D eigenvalue weighted by atomic mass is 9.92. The number of likely N-dealkylation sites (N-methyl/N-ethyl adjacent to an activating group) is 1. The molecule has 1 fully saturated rings. The predicted octanol–water partition coefficient (Wildman–Crippen LogP) is 0.746. The minimum Gasteiger partial charge on any atom is -0.472 e. The number of amides is 1. The first-order chi connectivity index (χ1) is 9.24. The van der Waals surface area contributed by atoms with Crippen LogP contribution in [0, 0.1) is 0 Å². The van der Waals surface area contributed by atoms with E-state index in [-0.39, 0.29) is 12.0 Å². The lowest BCUT2D eigenvalue weighted by Gasteiger charge is -2.30. The Bertz CT molecular complexity index is 421. The number of hydrogen-bond donors (Lipinski definition) is 2. The van der Waals surface area contributed by atoms with Gasteiger partial charge in [0.05, 0.1) is 0 Å². The van der Waals surface area contributed by atoms with Crippen LogP contribution in [0.1, 0.15) is 36.2 Å². The van der Waals surface area contributed by atoms with Crippen molar-refractivity contribution in [3.63, 3.8) is 0 Å². The van der Waals surface area contributed by atoms with Crippen LogP contribution in [-0.4, -0.2) is 42.3 Å². The number of ether oxygens (including phenoxy) is 1. The highest BCUT2D eigenvalue weighted by Crippen LogP contribution is 2.22. The molecular weight excluding hydrogens is 244 g/mol. The zero-order chi connectivity index (χ0) is 13.7. The zero-order valence-corrected chi connectivity index (χ0v) is 11.3. The highest BCUT2D eigenvalue weighted by atomic mass is 16.5. The van der Waals surface area contributed by atoms with Crippen LogP contribution in [0.2, 0.25) is 0 Å². The minimum absolute atomic E-state index is 0.124. The first kappa shape index (κ1) is 13.7. The molecule has 2 N–H and O–H groups in total. The molecule has 1 aliphatic carbocycles. The van der Waals surface area contributed by atoms with Crippen molar-refractivity contribution in [2.45, 2.75) is 37.8 Å². The molecule has 1 saturated carbocycles. The SMILES string of the molecule is CNC(=O)c1ccc(OC2CCCCC2NC)nn1. The van der Waals surface area contributed by atoms with Gasteiger partial charge in [-0.15, -0.1) is 10.2 Å². The van der Waals surface area contributed by atoms with Crippen molar-refractivity contribution >= 4 is 5.91 Å². The second-order valence-corrected chi connectivity index (χ2v) is 4.67. The largest absolute Gasteiger partial charge is 0.472 e. The normalized spacial score (nSPS) is 22.8. The summed E-state index contributed by atoms with van der Waals surface area (Å²) in [5, 5.41) is 13.6. The molecule has 1 amide bonds. The van der Waals surface area contributed by atoms with E-state index in [2.05, 4.69) is 20.8 Å². The molecule has 1 aliphatic rings. The molecule has 6 nitrogen and oxygen atoms in total. The van der Waals surface area contributed by atoms with Crippen LogP contribution in [0.25, 0.3) is 0 Å². The molecule has 0 aliphatic heterocycles. The number of carbonyl (C=O) groups is 1. The fraction of sp³-hybridized carbons (Fsp3) is 0.615. The van der Waals surface area contributed by atoms with Gasteiger partial charge < -0.3 is 15.4 Å². The van der Waals surface area contributed by atoms with Gasteiger partial charge in [-0.3, -0.25) is 4.79 Å². The summed E-state index contributed by atoms with van der Waals surface area (Å²) in [4.78, 5) is 11.3. The van der Waals surface area contributed by atoms with E-state index in [1.807, 2.05) is 7.05 Å². The smallest absolute Gasteiger partial charge is 0.271 e. The van der Waals surface area contributed by atoms with E-state index in [9.17, 15) is 4.79 Å². The van der Waals surface area contributed by atoms with Crippen LogP contribution < -0.4 is 15.4 Å². The van der Waals surface area contributed by atoms with Crippen LogP contribution in [0.5, 0.6) is 5.88 Å². The average molecular weight is 264 g/mol. The van der Waals surface area contributed by atoms with E-state index in [1.54, 1.807) is 19.2 Å². The molecule has 0 radical (unpaired) electrons. The summed E-state index contributed by atoms with van der Waals surface area (Å²) in [6.45, 7) is 0. The number of carbonyl (C=O) groups excluding carboxylic acids is 1. The second-order valence-electron chi connectivity index (χ2n) is 4.67. The van der Waals surface area contributed by atoms with Crippen molar-refractivity contribution in [2.75, 3.05) is 14.1 Å². The maximum Gasteiger partial charge on any atom is 0.271 e. The molecule has 0 aromatic carbocycles. The third kappa shape index (κ3) is 3.41. The quantitative estimate of drug-likeness (QED) is 0.839. The molecule has 6 heteroatoms. The zero-order valence-electron chi connectivity index (χ0n) is 11.3. The Balaban J connectivity index is 2.00. The minimum atomic E-state index is -0.246. The van der Waals surface area contributed by atoms with Gasteiger partial charge in [-0.25, -0.2) is 0 Å². The fourth-order valence-electron chi connectivity index (χ4n) is 2.36. The molecule has 104 valence electrons. The standard InChI is InChI=1S/C13H20N4O2/c1-14-9-5-3-4-6-11(9)19-12-8-7-10(16-17-12)13(18)15-2/h7-9,11,14H,3-6H2,1-2H3,(H,15,18). The third-order valence-corrected chi connectivity index (χ3v) is 3.45. The Morgan fingerprint density at radius 1 is 1.26 bits per heavy atom. The van der Waals surface area contributed by atoms with E-state index >= 15 is 0 Å². The van der Waals surface area contributed by atoms with E-state index in [0.717, 1.165) is 12.8 Å². The van der Waals surface area contributed by atoms with Crippen molar-refractivity contribution in [3.05, 3.63) is 17.8 Å². The molecule has 19 heavy (non-hydrogen) atoms. The number of nitrogens with one attached hydrogen (secondary N) is 2. The summed E-state index contributed by atoms with van der Waals surface area (Å²) in [6, 6.07) is 3.67. The summed E-state index contributed by atoms with van der Waals surface area (Å²) in [5.74, 6) is 0.227. The van der Waals surface area contributed by atoms with Crippen molar-refractivity contribution < 1.29 is 9.53 Å². The van der Waals surface area contributed by atoms with Crippen molar-refractivity contribution in [1.82, 2.24) is 20.8 Å². The Kier molecular flexibility index (Phi) is 4.68. The highest BCUT2D eigenvalue weighted by molar-refractivity contribution is 5.91. The van der Waals surface area contributed by atoms with Crippen molar-refractivity contribution in [3.8, 4) is 5.88 Å². The average Bonchev–Trinajstić information content (AvgIpc) is 2.48. The lowest BCUT2D eigenvalue weighted by Crippen LogP contribution is -2.43. The van der Waals surface area contributed by atoms with Gasteiger partial charge in [-0.1, -0.05) is 6.42 Å². The van der Waals surface area contributed by atoms with Crippen LogP contribution in [0.15, 0.2) is 12.1 Å². The molecule has 2 atom stereocenters. The van der Waals surface area contributed by atoms with Gasteiger partial charge in [0.15, 0.2) is 5.69 Å². The molecular formula is C13H20N4O2. The van der Waals surface area contributed by atoms with Crippen LogP contribution in [0.4, 0.5) is 0 Å². The third-order valence-electron chi connectivity index (χ3n) is 3.45. The van der Waals surface area contributed by atoms with Gasteiger partial charge in [0, 0.05) is 19.2 Å². The van der Waals surface area contributed by atoms with Gasteiger partial charge >= 0.3 is 0 Å². The molecule has 1 aromatic rings. The summed E-state index contributed by atoms with van der Waals surface area (Å²) in [6.07, 6.45) is 4.66. The summed E-state index contributed by atoms with van der Waals surface area (Å²) in [5.41, 5.74) is 0.295. The number of rotatable bonds is 4. The first-order valence-corrected chi connectivity index (χ1v) is 6.64. The Labute approximate surface area is 112 Å². The maximum absolute atomic E-state index is 11.3. The van der Waals surface area contributed by atoms with Crippen LogP contribution in [0.3, 0.4) is 0 Å². The highest BCUT2D eigenvalue weighted by Gasteiger charge is 2.25. The van der Waals surface area contributed by atoms with Gasteiger partial charge in [0.1, 0.15) is 6.10 Å². The Hall–Kier alpha value is -1.69. The molecule has 0 saturated heterocycles. The summed E-state index contributed by atoms with van der Waals surface area (Å²) >= 11 is 0. The maximum atomic E-state index is 11.3. The van der Waals surface area contributed by atoms with E-state index in [1.165, 1.54) is 12.8 Å². The van der Waals surface area contributed by atoms with Crippen LogP contribution >= 0.6 is 0 Å². The van der Waals surface area contributed by atoms with Crippen molar-refractivity contribution in [2.24, 2.45) is 0 Å². The van der Waals surface area contributed by atoms with Gasteiger partial charge in [-0.2, -0.15) is 0 Å². The van der Waals surface area contributed by atoms with E-state index < -0.39 is 0 Å². The number of aromatic nitrogens is 2. The summed E-state index contributed by atoms with van der Waals surface area (Å²) < 4.78 is 5.86. The molecule has 0 spiro atoms. The van der Waals surface area contributed by atoms with Crippen molar-refractivity contribution in [1.29, 1.82) is 0 Å². The predicted molar refractivity (Wildman–Crippen MR) is 71.2 cm³/mol. The van der Waals surface area contributed by atoms with Gasteiger partial charge in [0.2, 0.25) is 5.88 Å². The van der Waals surface area contributed by atoms with Crippen LogP contribution in [-0.2, 0) is 0 Å². The summed E-state index contributed by atoms with van der Waals surface area (Å²) in [7, 11) is 3.51. The second kappa shape index (κ2) is 6.47. The first-order valence-electron chi connectivity index (χ1n) is 6.64.